The van der Waals surface area contributed by atoms with Gasteiger partial charge in [0.2, 0.25) is 0 Å². The highest BCUT2D eigenvalue weighted by Crippen LogP contribution is 2.31. The lowest BCUT2D eigenvalue weighted by atomic mass is 10.2. The van der Waals surface area contributed by atoms with Crippen molar-refractivity contribution in [3.63, 3.8) is 0 Å². The van der Waals surface area contributed by atoms with Gasteiger partial charge in [0.15, 0.2) is 0 Å². The van der Waals surface area contributed by atoms with Gasteiger partial charge in [-0.05, 0) is 45.6 Å². The molecule has 1 fully saturated rings. The Morgan fingerprint density at radius 1 is 1.46 bits per heavy atom. The molecule has 132 valence electrons. The Balaban J connectivity index is 2.34. The minimum Gasteiger partial charge on any atom is -0.307 e. The van der Waals surface area contributed by atoms with E-state index in [0.717, 1.165) is 22.7 Å². The molecule has 2 heterocycles. The molecule has 0 saturated carbocycles. The lowest BCUT2D eigenvalue weighted by Crippen LogP contribution is -2.60. The molecule has 0 N–H and O–H groups in total. The summed E-state index contributed by atoms with van der Waals surface area (Å²) in [5.41, 5.74) is 3.38. The van der Waals surface area contributed by atoms with Crippen LogP contribution >= 0.6 is 11.5 Å². The fourth-order valence-corrected chi connectivity index (χ4v) is 3.70. The van der Waals surface area contributed by atoms with Gasteiger partial charge in [-0.2, -0.15) is 4.37 Å². The van der Waals surface area contributed by atoms with Crippen molar-refractivity contribution in [3.05, 3.63) is 35.6 Å². The first kappa shape index (κ1) is 18.7. The van der Waals surface area contributed by atoms with Crippen LogP contribution in [0.1, 0.15) is 39.0 Å². The Morgan fingerprint density at radius 3 is 2.71 bits per heavy atom. The van der Waals surface area contributed by atoms with Crippen LogP contribution in [0.25, 0.3) is 0 Å². The van der Waals surface area contributed by atoms with E-state index >= 15 is 0 Å². The lowest BCUT2D eigenvalue weighted by Gasteiger charge is -2.43. The van der Waals surface area contributed by atoms with Gasteiger partial charge in [-0.25, -0.2) is 4.79 Å². The minimum absolute atomic E-state index is 0.0538. The number of rotatable bonds is 6. The van der Waals surface area contributed by atoms with E-state index in [1.807, 2.05) is 22.8 Å². The molecule has 5 nitrogen and oxygen atoms in total. The van der Waals surface area contributed by atoms with Crippen LogP contribution in [0.5, 0.6) is 0 Å². The Bertz CT molecular complexity index is 637. The van der Waals surface area contributed by atoms with E-state index in [1.54, 1.807) is 0 Å². The fourth-order valence-electron chi connectivity index (χ4n) is 2.75. The Hall–Kier alpha value is -1.66. The van der Waals surface area contributed by atoms with E-state index in [2.05, 4.69) is 49.6 Å². The van der Waals surface area contributed by atoms with Crippen LogP contribution in [0.2, 0.25) is 0 Å². The first-order valence-corrected chi connectivity index (χ1v) is 9.20. The molecule has 24 heavy (non-hydrogen) atoms. The maximum Gasteiger partial charge on any atom is 0.327 e. The average molecular weight is 349 g/mol. The molecule has 1 saturated heterocycles. The summed E-state index contributed by atoms with van der Waals surface area (Å²) >= 11 is 1.42. The van der Waals surface area contributed by atoms with Crippen molar-refractivity contribution in [3.8, 4) is 0 Å². The van der Waals surface area contributed by atoms with Gasteiger partial charge in [-0.15, -0.1) is 6.58 Å². The summed E-state index contributed by atoms with van der Waals surface area (Å²) in [4.78, 5) is 19.0. The number of carbonyl (C=O) groups is 1. The molecule has 1 aliphatic heterocycles. The zero-order chi connectivity index (χ0) is 17.9. The third kappa shape index (κ3) is 3.70. The summed E-state index contributed by atoms with van der Waals surface area (Å²) < 4.78 is 4.52. The summed E-state index contributed by atoms with van der Waals surface area (Å²) in [6.45, 7) is 16.1. The van der Waals surface area contributed by atoms with Crippen LogP contribution in [-0.2, 0) is 6.42 Å². The number of hydrogen-bond donors (Lipinski definition) is 0. The molecule has 1 aromatic rings. The maximum atomic E-state index is 13.0. The lowest BCUT2D eigenvalue weighted by molar-refractivity contribution is 0.107. The highest BCUT2D eigenvalue weighted by atomic mass is 32.1. The van der Waals surface area contributed by atoms with Crippen molar-refractivity contribution >= 4 is 22.6 Å². The second kappa shape index (κ2) is 7.94. The number of aryl methyl sites for hydroxylation is 1. The van der Waals surface area contributed by atoms with Crippen molar-refractivity contribution in [2.24, 2.45) is 0 Å². The molecular weight excluding hydrogens is 320 g/mol. The van der Waals surface area contributed by atoms with Gasteiger partial charge in [0.1, 0.15) is 5.00 Å². The summed E-state index contributed by atoms with van der Waals surface area (Å²) in [5, 5.41) is 0.959. The van der Waals surface area contributed by atoms with E-state index in [4.69, 9.17) is 0 Å². The monoisotopic (exact) mass is 348 g/mol. The smallest absolute Gasteiger partial charge is 0.307 e. The van der Waals surface area contributed by atoms with Gasteiger partial charge in [0.05, 0.1) is 19.0 Å². The molecule has 0 aliphatic carbocycles. The normalized spacial score (nSPS) is 18.2. The topological polar surface area (TPSA) is 39.7 Å². The highest BCUT2D eigenvalue weighted by molar-refractivity contribution is 7.10. The third-order valence-electron chi connectivity index (χ3n) is 4.60. The summed E-state index contributed by atoms with van der Waals surface area (Å²) in [6.07, 6.45) is 4.87. The number of anilines is 1. The van der Waals surface area contributed by atoms with E-state index in [-0.39, 0.29) is 12.1 Å². The molecule has 1 aliphatic rings. The molecule has 1 aromatic heterocycles. The standard InChI is InChI=1S/C18H28N4OS/c1-7-13(4)10-20-11-21(14(5)8-2)12-22(18(20)23)17-15(6)16(9-3)19-24-17/h7-8,14H,2,9-12H2,1,3-6H3/b13-7+. The fraction of sp³-hybridized carbons (Fsp3) is 0.556. The van der Waals surface area contributed by atoms with Crippen molar-refractivity contribution in [2.75, 3.05) is 24.8 Å². The highest BCUT2D eigenvalue weighted by Gasteiger charge is 2.34. The number of carbonyl (C=O) groups excluding carboxylic acids is 1. The van der Waals surface area contributed by atoms with Gasteiger partial charge < -0.3 is 4.90 Å². The molecule has 2 amide bonds. The van der Waals surface area contributed by atoms with Gasteiger partial charge in [-0.1, -0.05) is 24.6 Å². The molecule has 0 radical (unpaired) electrons. The quantitative estimate of drug-likeness (QED) is 0.729. The van der Waals surface area contributed by atoms with E-state index < -0.39 is 0 Å². The summed E-state index contributed by atoms with van der Waals surface area (Å²) in [7, 11) is 0. The molecule has 6 heteroatoms. The Morgan fingerprint density at radius 2 is 2.17 bits per heavy atom. The van der Waals surface area contributed by atoms with E-state index in [1.165, 1.54) is 17.1 Å². The van der Waals surface area contributed by atoms with Crippen LogP contribution in [0.15, 0.2) is 24.3 Å². The number of allylic oxidation sites excluding steroid dienone is 1. The molecule has 0 spiro atoms. The summed E-state index contributed by atoms with van der Waals surface area (Å²) in [6, 6.07) is 0.256. The maximum absolute atomic E-state index is 13.0. The molecular formula is C18H28N4OS. The first-order chi connectivity index (χ1) is 11.4. The third-order valence-corrected chi connectivity index (χ3v) is 5.61. The molecule has 2 rings (SSSR count). The Labute approximate surface area is 149 Å². The van der Waals surface area contributed by atoms with E-state index in [0.29, 0.717) is 19.9 Å². The number of amides is 2. The van der Waals surface area contributed by atoms with Crippen LogP contribution < -0.4 is 4.90 Å². The SMILES string of the molecule is C=CC(C)N1CN(C/C(C)=C/C)C(=O)N(c2snc(CC)c2C)C1. The number of urea groups is 1. The van der Waals surface area contributed by atoms with Crippen LogP contribution in [0.4, 0.5) is 9.80 Å². The predicted octanol–water partition coefficient (Wildman–Crippen LogP) is 4.01. The molecule has 1 unspecified atom stereocenters. The van der Waals surface area contributed by atoms with Crippen molar-refractivity contribution in [1.82, 2.24) is 14.2 Å². The van der Waals surface area contributed by atoms with Crippen molar-refractivity contribution in [1.29, 1.82) is 0 Å². The minimum atomic E-state index is 0.0538. The van der Waals surface area contributed by atoms with Gasteiger partial charge in [-0.3, -0.25) is 9.80 Å². The summed E-state index contributed by atoms with van der Waals surface area (Å²) in [5.74, 6) is 0. The van der Waals surface area contributed by atoms with Crippen molar-refractivity contribution in [2.45, 2.75) is 47.1 Å². The van der Waals surface area contributed by atoms with Gasteiger partial charge in [0.25, 0.3) is 0 Å². The largest absolute Gasteiger partial charge is 0.327 e. The Kier molecular flexibility index (Phi) is 6.18. The van der Waals surface area contributed by atoms with Crippen LogP contribution in [-0.4, -0.2) is 46.1 Å². The van der Waals surface area contributed by atoms with Crippen LogP contribution in [0.3, 0.4) is 0 Å². The van der Waals surface area contributed by atoms with Gasteiger partial charge in [0, 0.05) is 18.2 Å². The molecule has 0 aromatic carbocycles. The second-order valence-corrected chi connectivity index (χ2v) is 7.06. The predicted molar refractivity (Wildman–Crippen MR) is 101 cm³/mol. The number of aromatic nitrogens is 1. The first-order valence-electron chi connectivity index (χ1n) is 8.42. The number of nitrogens with zero attached hydrogens (tertiary/aromatic N) is 4. The number of hydrogen-bond acceptors (Lipinski definition) is 4. The zero-order valence-corrected chi connectivity index (χ0v) is 16.2. The van der Waals surface area contributed by atoms with Crippen molar-refractivity contribution < 1.29 is 4.79 Å². The average Bonchev–Trinajstić information content (AvgIpc) is 2.96. The van der Waals surface area contributed by atoms with Gasteiger partial charge >= 0.3 is 6.03 Å². The zero-order valence-electron chi connectivity index (χ0n) is 15.4. The molecule has 1 atom stereocenters. The van der Waals surface area contributed by atoms with E-state index in [9.17, 15) is 4.79 Å². The van der Waals surface area contributed by atoms with Crippen LogP contribution in [0, 0.1) is 6.92 Å². The molecule has 0 bridgehead atoms. The second-order valence-electron chi connectivity index (χ2n) is 6.30.